The molecule has 140 valence electrons. The number of barbiturate groups is 1. The maximum atomic E-state index is 12.8. The Hall–Kier alpha value is -3.80. The van der Waals surface area contributed by atoms with Crippen LogP contribution in [0.5, 0.6) is 0 Å². The monoisotopic (exact) mass is 377 g/mol. The van der Waals surface area contributed by atoms with Crippen LogP contribution in [0.2, 0.25) is 0 Å². The summed E-state index contributed by atoms with van der Waals surface area (Å²) in [6, 6.07) is 3.78. The molecule has 2 aromatic rings. The van der Waals surface area contributed by atoms with Crippen molar-refractivity contribution in [2.24, 2.45) is 11.0 Å². The largest absolute Gasteiger partial charge is 0.357 e. The molecule has 0 aliphatic carbocycles. The van der Waals surface area contributed by atoms with Gasteiger partial charge >= 0.3 is 6.03 Å². The molecule has 2 atom stereocenters. The van der Waals surface area contributed by atoms with Crippen LogP contribution in [0.25, 0.3) is 21.3 Å². The van der Waals surface area contributed by atoms with E-state index in [9.17, 15) is 14.4 Å². The van der Waals surface area contributed by atoms with Crippen molar-refractivity contribution in [2.45, 2.75) is 12.5 Å². The van der Waals surface area contributed by atoms with Gasteiger partial charge in [0.25, 0.3) is 0 Å². The third kappa shape index (κ3) is 2.66. The van der Waals surface area contributed by atoms with Gasteiger partial charge in [-0.25, -0.2) is 4.79 Å². The Morgan fingerprint density at radius 2 is 2.18 bits per heavy atom. The van der Waals surface area contributed by atoms with Crippen molar-refractivity contribution in [3.8, 4) is 12.3 Å². The molecule has 2 aliphatic heterocycles. The van der Waals surface area contributed by atoms with Crippen LogP contribution in [-0.4, -0.2) is 40.8 Å². The molecule has 0 unspecified atom stereocenters. The van der Waals surface area contributed by atoms with Gasteiger partial charge in [0.05, 0.1) is 12.6 Å². The van der Waals surface area contributed by atoms with Crippen LogP contribution < -0.4 is 10.6 Å². The Morgan fingerprint density at radius 1 is 1.36 bits per heavy atom. The number of amides is 4. The summed E-state index contributed by atoms with van der Waals surface area (Å²) in [6.07, 6.45) is 5.91. The minimum atomic E-state index is -1.13. The van der Waals surface area contributed by atoms with Crippen LogP contribution in [0.15, 0.2) is 23.3 Å². The molecular formula is C18H15N7O3. The number of benzene rings is 1. The molecule has 1 aromatic carbocycles. The lowest BCUT2D eigenvalue weighted by Gasteiger charge is -2.35. The zero-order valence-corrected chi connectivity index (χ0v) is 14.6. The number of carbonyl (C=O) groups is 3. The predicted molar refractivity (Wildman–Crippen MR) is 99.1 cm³/mol. The first kappa shape index (κ1) is 17.6. The molecule has 10 heteroatoms. The van der Waals surface area contributed by atoms with Gasteiger partial charge in [-0.1, -0.05) is 17.1 Å². The number of hydrogen-bond donors (Lipinski definition) is 3. The summed E-state index contributed by atoms with van der Waals surface area (Å²) >= 11 is 0. The van der Waals surface area contributed by atoms with Crippen LogP contribution in [-0.2, 0) is 16.0 Å². The van der Waals surface area contributed by atoms with Crippen LogP contribution in [0.4, 0.5) is 10.5 Å². The van der Waals surface area contributed by atoms with Crippen molar-refractivity contribution in [1.82, 2.24) is 20.5 Å². The number of aromatic nitrogens is 1. The molecule has 0 bridgehead atoms. The maximum absolute atomic E-state index is 12.8. The minimum absolute atomic E-state index is 0.212. The fourth-order valence-electron chi connectivity index (χ4n) is 3.81. The zero-order valence-electron chi connectivity index (χ0n) is 14.6. The van der Waals surface area contributed by atoms with Gasteiger partial charge in [0.1, 0.15) is 5.92 Å². The average Bonchev–Trinajstić information content (AvgIpc) is 3.04. The summed E-state index contributed by atoms with van der Waals surface area (Å²) in [5, 5.41) is 9.90. The zero-order chi connectivity index (χ0) is 19.8. The Kier molecular flexibility index (Phi) is 4.24. The highest BCUT2D eigenvalue weighted by Gasteiger charge is 2.46. The van der Waals surface area contributed by atoms with Crippen LogP contribution in [0, 0.1) is 18.3 Å². The van der Waals surface area contributed by atoms with Crippen molar-refractivity contribution in [2.75, 3.05) is 13.1 Å². The quantitative estimate of drug-likeness (QED) is 0.245. The lowest BCUT2D eigenvalue weighted by molar-refractivity contribution is -0.143. The van der Waals surface area contributed by atoms with Crippen LogP contribution >= 0.6 is 0 Å². The summed E-state index contributed by atoms with van der Waals surface area (Å²) in [7, 11) is 0. The molecule has 0 spiro atoms. The highest BCUT2D eigenvalue weighted by Crippen LogP contribution is 2.36. The Balaban J connectivity index is 1.79. The molecule has 3 heterocycles. The van der Waals surface area contributed by atoms with E-state index in [2.05, 4.69) is 31.6 Å². The topological polar surface area (TPSA) is 143 Å². The Morgan fingerprint density at radius 3 is 2.93 bits per heavy atom. The molecule has 4 amide bonds. The van der Waals surface area contributed by atoms with E-state index in [1.54, 1.807) is 18.2 Å². The second-order valence-corrected chi connectivity index (χ2v) is 6.52. The molecule has 1 fully saturated rings. The lowest BCUT2D eigenvalue weighted by Crippen LogP contribution is -2.61. The number of fused-ring (bicyclic) bond motifs is 3. The summed E-state index contributed by atoms with van der Waals surface area (Å²) in [4.78, 5) is 44.2. The number of terminal acetylenes is 1. The standard InChI is InChI=1S/C18H15N7O3/c1-2-7-25-17(27)13(16(26)22-18(25)28)15-14-10(5-6-20-15)11-8-9(23-24-19)3-4-12(11)21-14/h1,3-4,8,13,15,20-21H,5-7H2,(H,22,26,28)/t13-,15+/m1/s1. The lowest BCUT2D eigenvalue weighted by atomic mass is 9.87. The van der Waals surface area contributed by atoms with Gasteiger partial charge in [0, 0.05) is 27.2 Å². The van der Waals surface area contributed by atoms with Crippen molar-refractivity contribution < 1.29 is 14.4 Å². The Bertz CT molecular complexity index is 1110. The van der Waals surface area contributed by atoms with Gasteiger partial charge in [-0.3, -0.25) is 19.8 Å². The van der Waals surface area contributed by atoms with Crippen molar-refractivity contribution >= 4 is 34.4 Å². The number of carbonyl (C=O) groups excluding carboxylic acids is 3. The number of H-pyrrole nitrogens is 1. The second-order valence-electron chi connectivity index (χ2n) is 6.52. The molecule has 4 rings (SSSR count). The number of nitrogens with zero attached hydrogens (tertiary/aromatic N) is 4. The fourth-order valence-corrected chi connectivity index (χ4v) is 3.81. The van der Waals surface area contributed by atoms with E-state index < -0.39 is 29.8 Å². The van der Waals surface area contributed by atoms with Gasteiger partial charge in [-0.2, -0.15) is 0 Å². The van der Waals surface area contributed by atoms with Gasteiger partial charge in [-0.15, -0.1) is 6.42 Å². The molecule has 2 aliphatic rings. The van der Waals surface area contributed by atoms with Crippen LogP contribution in [0.1, 0.15) is 17.3 Å². The summed E-state index contributed by atoms with van der Waals surface area (Å²) in [5.41, 5.74) is 11.6. The number of imide groups is 2. The SMILES string of the molecule is C#CCN1C(=O)NC(=O)[C@@H]([C@@H]2NCCc3c2[nH]c2ccc(N=[N+]=[N-])cc32)C1=O. The van der Waals surface area contributed by atoms with E-state index >= 15 is 0 Å². The maximum Gasteiger partial charge on any atom is 0.331 e. The number of urea groups is 1. The first-order valence-corrected chi connectivity index (χ1v) is 8.57. The molecule has 0 saturated carbocycles. The number of nitrogens with one attached hydrogen (secondary N) is 3. The van der Waals surface area contributed by atoms with E-state index in [0.29, 0.717) is 24.3 Å². The molecule has 3 N–H and O–H groups in total. The van der Waals surface area contributed by atoms with Crippen molar-refractivity contribution in [3.05, 3.63) is 39.9 Å². The van der Waals surface area contributed by atoms with E-state index in [1.807, 2.05) is 0 Å². The molecule has 1 aromatic heterocycles. The average molecular weight is 377 g/mol. The van der Waals surface area contributed by atoms with E-state index in [0.717, 1.165) is 21.4 Å². The minimum Gasteiger partial charge on any atom is -0.357 e. The highest BCUT2D eigenvalue weighted by molar-refractivity contribution is 6.16. The molecule has 0 radical (unpaired) electrons. The first-order chi connectivity index (χ1) is 13.5. The molecule has 28 heavy (non-hydrogen) atoms. The Labute approximate surface area is 158 Å². The summed E-state index contributed by atoms with van der Waals surface area (Å²) in [6.45, 7) is 0.326. The fraction of sp³-hybridized carbons (Fsp3) is 0.278. The third-order valence-electron chi connectivity index (χ3n) is 5.01. The van der Waals surface area contributed by atoms with E-state index in [1.165, 1.54) is 0 Å². The molecular weight excluding hydrogens is 362 g/mol. The van der Waals surface area contributed by atoms with Crippen molar-refractivity contribution in [1.29, 1.82) is 0 Å². The predicted octanol–water partition coefficient (Wildman–Crippen LogP) is 1.62. The molecule has 1 saturated heterocycles. The highest BCUT2D eigenvalue weighted by atomic mass is 16.2. The summed E-state index contributed by atoms with van der Waals surface area (Å²) < 4.78 is 0. The van der Waals surface area contributed by atoms with Crippen molar-refractivity contribution in [3.63, 3.8) is 0 Å². The first-order valence-electron chi connectivity index (χ1n) is 8.57. The number of aromatic amines is 1. The van der Waals surface area contributed by atoms with E-state index in [4.69, 9.17) is 12.0 Å². The van der Waals surface area contributed by atoms with E-state index in [-0.39, 0.29) is 6.54 Å². The van der Waals surface area contributed by atoms with Crippen LogP contribution in [0.3, 0.4) is 0 Å². The van der Waals surface area contributed by atoms with Gasteiger partial charge < -0.3 is 10.3 Å². The summed E-state index contributed by atoms with van der Waals surface area (Å²) in [5.74, 6) is -0.168. The number of hydrogen-bond acceptors (Lipinski definition) is 5. The van der Waals surface area contributed by atoms with Gasteiger partial charge in [0.15, 0.2) is 0 Å². The normalized spacial score (nSPS) is 21.7. The molecule has 10 nitrogen and oxygen atoms in total. The number of rotatable bonds is 3. The smallest absolute Gasteiger partial charge is 0.331 e. The number of azide groups is 1. The van der Waals surface area contributed by atoms with Gasteiger partial charge in [-0.05, 0) is 36.2 Å². The third-order valence-corrected chi connectivity index (χ3v) is 5.01. The van der Waals surface area contributed by atoms with Gasteiger partial charge in [0.2, 0.25) is 11.8 Å². The second kappa shape index (κ2) is 6.74.